The number of H-pyrrole nitrogens is 1. The molecule has 3 aromatic rings. The van der Waals surface area contributed by atoms with Gasteiger partial charge in [0.05, 0.1) is 22.3 Å². The highest BCUT2D eigenvalue weighted by molar-refractivity contribution is 6.41. The highest BCUT2D eigenvalue weighted by Crippen LogP contribution is 2.40. The summed E-state index contributed by atoms with van der Waals surface area (Å²) in [7, 11) is 0. The van der Waals surface area contributed by atoms with Crippen LogP contribution in [-0.4, -0.2) is 15.1 Å². The van der Waals surface area contributed by atoms with E-state index in [1.807, 2.05) is 6.07 Å². The van der Waals surface area contributed by atoms with Crippen molar-refractivity contribution in [2.75, 3.05) is 0 Å². The molecular formula is C11H6Cl2N2O. The van der Waals surface area contributed by atoms with E-state index in [1.54, 1.807) is 18.5 Å². The maximum Gasteiger partial charge on any atom is 0.154 e. The molecule has 0 atom stereocenters. The first-order valence-electron chi connectivity index (χ1n) is 4.61. The molecule has 0 aliphatic heterocycles. The largest absolute Gasteiger partial charge is 0.505 e. The highest BCUT2D eigenvalue weighted by Gasteiger charge is 2.13. The van der Waals surface area contributed by atoms with Crippen LogP contribution in [0.2, 0.25) is 10.0 Å². The minimum atomic E-state index is -0.102. The molecule has 0 fully saturated rings. The van der Waals surface area contributed by atoms with E-state index in [-0.39, 0.29) is 15.8 Å². The molecule has 3 rings (SSSR count). The van der Waals surface area contributed by atoms with E-state index in [4.69, 9.17) is 23.2 Å². The minimum absolute atomic E-state index is 0.102. The molecule has 0 aliphatic rings. The van der Waals surface area contributed by atoms with Crippen molar-refractivity contribution in [3.63, 3.8) is 0 Å². The van der Waals surface area contributed by atoms with Gasteiger partial charge in [-0.25, -0.2) is 0 Å². The molecule has 5 heteroatoms. The molecule has 0 radical (unpaired) electrons. The molecule has 16 heavy (non-hydrogen) atoms. The van der Waals surface area contributed by atoms with Gasteiger partial charge >= 0.3 is 0 Å². The van der Waals surface area contributed by atoms with Gasteiger partial charge in [0, 0.05) is 17.0 Å². The Morgan fingerprint density at radius 2 is 2.06 bits per heavy atom. The Balaban J connectivity index is 2.60. The first-order valence-corrected chi connectivity index (χ1v) is 5.36. The Kier molecular flexibility index (Phi) is 1.99. The molecule has 0 bridgehead atoms. The van der Waals surface area contributed by atoms with Gasteiger partial charge in [0.2, 0.25) is 0 Å². The van der Waals surface area contributed by atoms with Crippen LogP contribution < -0.4 is 0 Å². The van der Waals surface area contributed by atoms with E-state index in [1.165, 1.54) is 0 Å². The number of aromatic nitrogens is 2. The number of phenolic OH excluding ortho intramolecular Hbond substituents is 1. The van der Waals surface area contributed by atoms with E-state index in [0.29, 0.717) is 5.52 Å². The number of pyridine rings is 1. The Morgan fingerprint density at radius 1 is 1.25 bits per heavy atom. The topological polar surface area (TPSA) is 48.9 Å². The van der Waals surface area contributed by atoms with Crippen molar-refractivity contribution >= 4 is 45.0 Å². The summed E-state index contributed by atoms with van der Waals surface area (Å²) in [5.74, 6) is -0.102. The summed E-state index contributed by atoms with van der Waals surface area (Å²) in [4.78, 5) is 7.11. The number of nitrogens with one attached hydrogen (secondary N) is 1. The molecule has 0 saturated carbocycles. The summed E-state index contributed by atoms with van der Waals surface area (Å²) in [5, 5.41) is 12.0. The number of fused-ring (bicyclic) bond motifs is 3. The lowest BCUT2D eigenvalue weighted by Gasteiger charge is -2.00. The van der Waals surface area contributed by atoms with E-state index in [2.05, 4.69) is 9.97 Å². The van der Waals surface area contributed by atoms with Gasteiger partial charge in [-0.15, -0.1) is 0 Å². The van der Waals surface area contributed by atoms with Crippen LogP contribution in [0.4, 0.5) is 0 Å². The van der Waals surface area contributed by atoms with Crippen LogP contribution in [0.1, 0.15) is 0 Å². The summed E-state index contributed by atoms with van der Waals surface area (Å²) in [5.41, 5.74) is 1.53. The van der Waals surface area contributed by atoms with E-state index < -0.39 is 0 Å². The van der Waals surface area contributed by atoms with Crippen LogP contribution in [0, 0.1) is 0 Å². The number of hydrogen-bond donors (Lipinski definition) is 2. The number of rotatable bonds is 0. The molecule has 3 nitrogen and oxygen atoms in total. The highest BCUT2D eigenvalue weighted by atomic mass is 35.5. The second-order valence-electron chi connectivity index (χ2n) is 3.49. The van der Waals surface area contributed by atoms with Gasteiger partial charge in [0.25, 0.3) is 0 Å². The van der Waals surface area contributed by atoms with E-state index in [0.717, 1.165) is 16.3 Å². The molecule has 2 N–H and O–H groups in total. The molecular weight excluding hydrogens is 247 g/mol. The Bertz CT molecular complexity index is 706. The molecule has 0 amide bonds. The van der Waals surface area contributed by atoms with Crippen LogP contribution in [0.15, 0.2) is 24.5 Å². The smallest absolute Gasteiger partial charge is 0.154 e. The van der Waals surface area contributed by atoms with Gasteiger partial charge < -0.3 is 10.1 Å². The summed E-state index contributed by atoms with van der Waals surface area (Å²) in [6.45, 7) is 0. The number of nitrogens with zero attached hydrogens (tertiary/aromatic N) is 1. The van der Waals surface area contributed by atoms with Crippen molar-refractivity contribution in [3.8, 4) is 5.75 Å². The van der Waals surface area contributed by atoms with Crippen molar-refractivity contribution in [1.29, 1.82) is 0 Å². The Hall–Kier alpha value is -1.45. The lowest BCUT2D eigenvalue weighted by Crippen LogP contribution is -1.75. The number of phenols is 1. The molecule has 0 unspecified atom stereocenters. The van der Waals surface area contributed by atoms with Crippen LogP contribution >= 0.6 is 23.2 Å². The predicted molar refractivity (Wildman–Crippen MR) is 65.3 cm³/mol. The first kappa shape index (κ1) is 9.75. The number of halogens is 2. The second kappa shape index (κ2) is 3.27. The predicted octanol–water partition coefficient (Wildman–Crippen LogP) is 3.73. The molecule has 2 heterocycles. The third-order valence-corrected chi connectivity index (χ3v) is 3.22. The number of hydrogen-bond acceptors (Lipinski definition) is 2. The maximum absolute atomic E-state index is 9.63. The van der Waals surface area contributed by atoms with Gasteiger partial charge in [-0.3, -0.25) is 4.98 Å². The average Bonchev–Trinajstić information content (AvgIpc) is 2.65. The summed E-state index contributed by atoms with van der Waals surface area (Å²) in [6.07, 6.45) is 3.40. The van der Waals surface area contributed by atoms with Gasteiger partial charge in [-0.2, -0.15) is 0 Å². The zero-order valence-electron chi connectivity index (χ0n) is 7.96. The van der Waals surface area contributed by atoms with Crippen molar-refractivity contribution < 1.29 is 5.11 Å². The quantitative estimate of drug-likeness (QED) is 0.641. The van der Waals surface area contributed by atoms with Crippen LogP contribution in [-0.2, 0) is 0 Å². The molecule has 80 valence electrons. The van der Waals surface area contributed by atoms with E-state index in [9.17, 15) is 5.11 Å². The average molecular weight is 253 g/mol. The van der Waals surface area contributed by atoms with E-state index >= 15 is 0 Å². The van der Waals surface area contributed by atoms with Crippen molar-refractivity contribution in [3.05, 3.63) is 34.6 Å². The molecule has 2 aromatic heterocycles. The number of aromatic amines is 1. The first-order chi connectivity index (χ1) is 7.68. The van der Waals surface area contributed by atoms with Crippen molar-refractivity contribution in [1.82, 2.24) is 9.97 Å². The normalized spacial score (nSPS) is 11.4. The standard InChI is InChI=1S/C11H6Cl2N2O/c12-7-3-6-5-1-2-14-4-8(5)15-10(6)9(13)11(7)16/h1-4,15-16H. The monoisotopic (exact) mass is 252 g/mol. The van der Waals surface area contributed by atoms with Gasteiger partial charge in [-0.05, 0) is 12.1 Å². The zero-order chi connectivity index (χ0) is 11.3. The number of aromatic hydroxyl groups is 1. The Labute approximate surface area is 101 Å². The van der Waals surface area contributed by atoms with Gasteiger partial charge in [0.15, 0.2) is 5.75 Å². The SMILES string of the molecule is Oc1c(Cl)cc2c([nH]c3cnccc32)c1Cl. The zero-order valence-corrected chi connectivity index (χ0v) is 9.47. The fraction of sp³-hybridized carbons (Fsp3) is 0. The summed E-state index contributed by atoms with van der Waals surface area (Å²) >= 11 is 11.9. The fourth-order valence-electron chi connectivity index (χ4n) is 1.81. The summed E-state index contributed by atoms with van der Waals surface area (Å²) < 4.78 is 0. The minimum Gasteiger partial charge on any atom is -0.505 e. The summed E-state index contributed by atoms with van der Waals surface area (Å²) in [6, 6.07) is 3.56. The lowest BCUT2D eigenvalue weighted by atomic mass is 10.2. The molecule has 0 aliphatic carbocycles. The van der Waals surface area contributed by atoms with Gasteiger partial charge in [-0.1, -0.05) is 23.2 Å². The fourth-order valence-corrected chi connectivity index (χ4v) is 2.31. The lowest BCUT2D eigenvalue weighted by molar-refractivity contribution is 0.476. The van der Waals surface area contributed by atoms with Crippen molar-refractivity contribution in [2.24, 2.45) is 0 Å². The third-order valence-electron chi connectivity index (χ3n) is 2.56. The van der Waals surface area contributed by atoms with Crippen LogP contribution in [0.25, 0.3) is 21.8 Å². The van der Waals surface area contributed by atoms with Crippen LogP contribution in [0.3, 0.4) is 0 Å². The Morgan fingerprint density at radius 3 is 2.88 bits per heavy atom. The third kappa shape index (κ3) is 1.19. The number of benzene rings is 1. The van der Waals surface area contributed by atoms with Crippen molar-refractivity contribution in [2.45, 2.75) is 0 Å². The second-order valence-corrected chi connectivity index (χ2v) is 4.27. The molecule has 1 aromatic carbocycles. The van der Waals surface area contributed by atoms with Crippen LogP contribution in [0.5, 0.6) is 5.75 Å². The molecule has 0 saturated heterocycles. The maximum atomic E-state index is 9.63. The molecule has 0 spiro atoms. The van der Waals surface area contributed by atoms with Gasteiger partial charge in [0.1, 0.15) is 5.02 Å².